The van der Waals surface area contributed by atoms with Gasteiger partial charge >= 0.3 is 0 Å². The van der Waals surface area contributed by atoms with E-state index >= 15 is 0 Å². The standard InChI is InChI=1S/C12H17IN2O2/c13-10-7-9(14)1-2-11(10)15-12(8-16)3-5-17-6-4-12/h1-2,7,15-16H,3-6,8,14H2. The van der Waals surface area contributed by atoms with E-state index in [1.807, 2.05) is 18.2 Å². The van der Waals surface area contributed by atoms with Gasteiger partial charge < -0.3 is 20.9 Å². The number of benzene rings is 1. The zero-order valence-electron chi connectivity index (χ0n) is 9.58. The number of aliphatic hydroxyl groups is 1. The first-order chi connectivity index (χ1) is 8.15. The molecule has 2 rings (SSSR count). The van der Waals surface area contributed by atoms with Crippen LogP contribution in [-0.4, -0.2) is 30.5 Å². The Morgan fingerprint density at radius 2 is 2.12 bits per heavy atom. The van der Waals surface area contributed by atoms with Gasteiger partial charge in [-0.3, -0.25) is 0 Å². The highest BCUT2D eigenvalue weighted by molar-refractivity contribution is 14.1. The molecule has 0 radical (unpaired) electrons. The number of nitrogen functional groups attached to an aromatic ring is 1. The van der Waals surface area contributed by atoms with Crippen LogP contribution in [0.4, 0.5) is 11.4 Å². The van der Waals surface area contributed by atoms with Crippen LogP contribution in [0, 0.1) is 3.57 Å². The van der Waals surface area contributed by atoms with Crippen LogP contribution in [0.15, 0.2) is 18.2 Å². The van der Waals surface area contributed by atoms with E-state index in [0.29, 0.717) is 13.2 Å². The highest BCUT2D eigenvalue weighted by Gasteiger charge is 2.32. The van der Waals surface area contributed by atoms with E-state index in [4.69, 9.17) is 10.5 Å². The summed E-state index contributed by atoms with van der Waals surface area (Å²) in [5.74, 6) is 0. The predicted octanol–water partition coefficient (Wildman–Crippen LogP) is 1.83. The van der Waals surface area contributed by atoms with E-state index in [-0.39, 0.29) is 12.1 Å². The molecule has 0 aliphatic carbocycles. The number of hydrogen-bond acceptors (Lipinski definition) is 4. The minimum atomic E-state index is -0.256. The third kappa shape index (κ3) is 3.02. The molecule has 1 saturated heterocycles. The molecule has 0 spiro atoms. The van der Waals surface area contributed by atoms with Gasteiger partial charge in [0, 0.05) is 28.2 Å². The van der Waals surface area contributed by atoms with Crippen LogP contribution in [0.5, 0.6) is 0 Å². The van der Waals surface area contributed by atoms with Crippen molar-refractivity contribution in [2.75, 3.05) is 30.9 Å². The molecule has 1 aliphatic heterocycles. The number of rotatable bonds is 3. The normalized spacial score (nSPS) is 18.9. The van der Waals surface area contributed by atoms with Crippen molar-refractivity contribution in [2.45, 2.75) is 18.4 Å². The molecule has 1 fully saturated rings. The lowest BCUT2D eigenvalue weighted by Gasteiger charge is -2.37. The molecule has 4 N–H and O–H groups in total. The molecule has 1 aromatic carbocycles. The highest BCUT2D eigenvalue weighted by atomic mass is 127. The van der Waals surface area contributed by atoms with Crippen LogP contribution in [0.2, 0.25) is 0 Å². The Morgan fingerprint density at radius 1 is 1.41 bits per heavy atom. The number of ether oxygens (including phenoxy) is 1. The van der Waals surface area contributed by atoms with Gasteiger partial charge in [-0.05, 0) is 53.6 Å². The fourth-order valence-electron chi connectivity index (χ4n) is 2.00. The molecule has 0 saturated carbocycles. The van der Waals surface area contributed by atoms with E-state index < -0.39 is 0 Å². The van der Waals surface area contributed by atoms with Crippen LogP contribution in [-0.2, 0) is 4.74 Å². The van der Waals surface area contributed by atoms with Gasteiger partial charge in [0.25, 0.3) is 0 Å². The van der Waals surface area contributed by atoms with Gasteiger partial charge in [0.05, 0.1) is 12.1 Å². The van der Waals surface area contributed by atoms with E-state index in [1.54, 1.807) is 0 Å². The Bertz CT molecular complexity index is 392. The Hall–Kier alpha value is -0.530. The van der Waals surface area contributed by atoms with Crippen molar-refractivity contribution in [3.05, 3.63) is 21.8 Å². The van der Waals surface area contributed by atoms with Crippen molar-refractivity contribution < 1.29 is 9.84 Å². The molecular weight excluding hydrogens is 331 g/mol. The Morgan fingerprint density at radius 3 is 2.71 bits per heavy atom. The fraction of sp³-hybridized carbons (Fsp3) is 0.500. The Kier molecular flexibility index (Phi) is 4.11. The molecule has 1 aromatic rings. The first-order valence-electron chi connectivity index (χ1n) is 5.67. The summed E-state index contributed by atoms with van der Waals surface area (Å²) in [5.41, 5.74) is 7.25. The number of hydrogen-bond donors (Lipinski definition) is 3. The molecular formula is C12H17IN2O2. The zero-order chi connectivity index (χ0) is 12.3. The third-order valence-electron chi connectivity index (χ3n) is 3.15. The lowest BCUT2D eigenvalue weighted by Crippen LogP contribution is -2.47. The fourth-order valence-corrected chi connectivity index (χ4v) is 2.68. The quantitative estimate of drug-likeness (QED) is 0.576. The van der Waals surface area contributed by atoms with Crippen LogP contribution < -0.4 is 11.1 Å². The molecule has 5 heteroatoms. The predicted molar refractivity (Wildman–Crippen MR) is 77.1 cm³/mol. The number of anilines is 2. The molecule has 0 amide bonds. The first kappa shape index (κ1) is 12.9. The van der Waals surface area contributed by atoms with Gasteiger partial charge in [0.15, 0.2) is 0 Å². The Balaban J connectivity index is 2.17. The molecule has 0 unspecified atom stereocenters. The van der Waals surface area contributed by atoms with E-state index in [2.05, 4.69) is 27.9 Å². The minimum absolute atomic E-state index is 0.122. The molecule has 0 atom stereocenters. The summed E-state index contributed by atoms with van der Waals surface area (Å²) in [6, 6.07) is 5.76. The first-order valence-corrected chi connectivity index (χ1v) is 6.75. The number of nitrogens with two attached hydrogens (primary N) is 1. The van der Waals surface area contributed by atoms with Gasteiger partial charge in [-0.25, -0.2) is 0 Å². The maximum atomic E-state index is 9.60. The molecule has 4 nitrogen and oxygen atoms in total. The monoisotopic (exact) mass is 348 g/mol. The summed E-state index contributed by atoms with van der Waals surface area (Å²) in [5, 5.41) is 13.0. The smallest absolute Gasteiger partial charge is 0.0663 e. The highest BCUT2D eigenvalue weighted by Crippen LogP contribution is 2.29. The van der Waals surface area contributed by atoms with E-state index in [0.717, 1.165) is 27.8 Å². The summed E-state index contributed by atoms with van der Waals surface area (Å²) in [6.45, 7) is 1.51. The summed E-state index contributed by atoms with van der Waals surface area (Å²) >= 11 is 2.25. The van der Waals surface area contributed by atoms with E-state index in [9.17, 15) is 5.11 Å². The minimum Gasteiger partial charge on any atom is -0.399 e. The molecule has 0 bridgehead atoms. The van der Waals surface area contributed by atoms with Crippen molar-refractivity contribution in [3.63, 3.8) is 0 Å². The van der Waals surface area contributed by atoms with Crippen molar-refractivity contribution in [1.29, 1.82) is 0 Å². The number of nitrogens with one attached hydrogen (secondary N) is 1. The molecule has 1 aliphatic rings. The second kappa shape index (κ2) is 5.41. The van der Waals surface area contributed by atoms with Gasteiger partial charge in [0.1, 0.15) is 0 Å². The van der Waals surface area contributed by atoms with Crippen molar-refractivity contribution >= 4 is 34.0 Å². The lowest BCUT2D eigenvalue weighted by atomic mass is 9.90. The van der Waals surface area contributed by atoms with Crippen LogP contribution >= 0.6 is 22.6 Å². The van der Waals surface area contributed by atoms with Gasteiger partial charge in [-0.1, -0.05) is 0 Å². The summed E-state index contributed by atoms with van der Waals surface area (Å²) in [6.07, 6.45) is 1.65. The van der Waals surface area contributed by atoms with Gasteiger partial charge in [-0.15, -0.1) is 0 Å². The second-order valence-electron chi connectivity index (χ2n) is 4.42. The summed E-state index contributed by atoms with van der Waals surface area (Å²) < 4.78 is 6.41. The lowest BCUT2D eigenvalue weighted by molar-refractivity contribution is 0.0380. The van der Waals surface area contributed by atoms with Crippen LogP contribution in [0.1, 0.15) is 12.8 Å². The van der Waals surface area contributed by atoms with Crippen LogP contribution in [0.25, 0.3) is 0 Å². The molecule has 1 heterocycles. The molecule has 0 aromatic heterocycles. The maximum Gasteiger partial charge on any atom is 0.0663 e. The van der Waals surface area contributed by atoms with Gasteiger partial charge in [-0.2, -0.15) is 0 Å². The number of halogens is 1. The van der Waals surface area contributed by atoms with E-state index in [1.165, 1.54) is 0 Å². The number of aliphatic hydroxyl groups excluding tert-OH is 1. The Labute approximate surface area is 115 Å². The second-order valence-corrected chi connectivity index (χ2v) is 5.58. The SMILES string of the molecule is Nc1ccc(NC2(CO)CCOCC2)c(I)c1. The average Bonchev–Trinajstić information content (AvgIpc) is 2.34. The third-order valence-corrected chi connectivity index (χ3v) is 4.04. The van der Waals surface area contributed by atoms with Crippen LogP contribution in [0.3, 0.4) is 0 Å². The van der Waals surface area contributed by atoms with Crippen molar-refractivity contribution in [2.24, 2.45) is 0 Å². The largest absolute Gasteiger partial charge is 0.399 e. The maximum absolute atomic E-state index is 9.60. The van der Waals surface area contributed by atoms with Crippen molar-refractivity contribution in [1.82, 2.24) is 0 Å². The van der Waals surface area contributed by atoms with Crippen molar-refractivity contribution in [3.8, 4) is 0 Å². The molecule has 94 valence electrons. The summed E-state index contributed by atoms with van der Waals surface area (Å²) in [4.78, 5) is 0. The molecule has 17 heavy (non-hydrogen) atoms. The zero-order valence-corrected chi connectivity index (χ0v) is 11.7. The van der Waals surface area contributed by atoms with Gasteiger partial charge in [0.2, 0.25) is 0 Å². The summed E-state index contributed by atoms with van der Waals surface area (Å²) in [7, 11) is 0. The average molecular weight is 348 g/mol. The topological polar surface area (TPSA) is 67.5 Å².